The number of fused-ring (bicyclic) bond motifs is 1. The lowest BCUT2D eigenvalue weighted by Gasteiger charge is -2.11. The maximum atomic E-state index is 4.57. The molecule has 4 nitrogen and oxygen atoms in total. The molecule has 0 atom stereocenters. The van der Waals surface area contributed by atoms with Crippen LogP contribution in [0.2, 0.25) is 0 Å². The summed E-state index contributed by atoms with van der Waals surface area (Å²) in [5.41, 5.74) is 2.19. The van der Waals surface area contributed by atoms with Gasteiger partial charge in [0.15, 0.2) is 5.82 Å². The van der Waals surface area contributed by atoms with E-state index >= 15 is 0 Å². The molecule has 2 aromatic rings. The molecule has 0 radical (unpaired) electrons. The van der Waals surface area contributed by atoms with E-state index in [1.54, 1.807) is 0 Å². The molecule has 4 heteroatoms. The second-order valence-corrected chi connectivity index (χ2v) is 5.00. The van der Waals surface area contributed by atoms with Crippen molar-refractivity contribution in [3.8, 4) is 0 Å². The maximum Gasteiger partial charge on any atom is 0.154 e. The van der Waals surface area contributed by atoms with Gasteiger partial charge in [-0.2, -0.15) is 0 Å². The van der Waals surface area contributed by atoms with Crippen molar-refractivity contribution in [1.82, 2.24) is 14.5 Å². The highest BCUT2D eigenvalue weighted by atomic mass is 15.1. The lowest BCUT2D eigenvalue weighted by atomic mass is 10.3. The van der Waals surface area contributed by atoms with Gasteiger partial charge in [-0.1, -0.05) is 26.7 Å². The van der Waals surface area contributed by atoms with E-state index in [1.165, 1.54) is 25.7 Å². The highest BCUT2D eigenvalue weighted by Crippen LogP contribution is 2.22. The van der Waals surface area contributed by atoms with Crippen LogP contribution < -0.4 is 5.32 Å². The Bertz CT molecular complexity index is 530. The molecule has 0 fully saturated rings. The van der Waals surface area contributed by atoms with Crippen LogP contribution in [-0.4, -0.2) is 21.1 Å². The molecule has 0 saturated carbocycles. The van der Waals surface area contributed by atoms with Gasteiger partial charge in [-0.05, 0) is 25.8 Å². The summed E-state index contributed by atoms with van der Waals surface area (Å²) >= 11 is 0. The zero-order valence-corrected chi connectivity index (χ0v) is 12.2. The summed E-state index contributed by atoms with van der Waals surface area (Å²) in [7, 11) is 0. The van der Waals surface area contributed by atoms with Crippen LogP contribution in [0.4, 0.5) is 5.82 Å². The number of anilines is 1. The van der Waals surface area contributed by atoms with Crippen LogP contribution in [0.25, 0.3) is 11.0 Å². The van der Waals surface area contributed by atoms with E-state index in [2.05, 4.69) is 46.0 Å². The minimum atomic E-state index is 0.833. The third-order valence-corrected chi connectivity index (χ3v) is 3.30. The fourth-order valence-corrected chi connectivity index (χ4v) is 2.24. The number of rotatable bonds is 7. The van der Waals surface area contributed by atoms with Crippen molar-refractivity contribution in [2.45, 2.75) is 53.0 Å². The lowest BCUT2D eigenvalue weighted by molar-refractivity contribution is 0.649. The first kappa shape index (κ1) is 13.8. The Balaban J connectivity index is 2.32. The molecule has 2 heterocycles. The number of aromatic nitrogens is 3. The molecule has 2 aromatic heterocycles. The summed E-state index contributed by atoms with van der Waals surface area (Å²) in [6.45, 7) is 8.38. The molecule has 0 aliphatic heterocycles. The van der Waals surface area contributed by atoms with Gasteiger partial charge in [-0.3, -0.25) is 0 Å². The van der Waals surface area contributed by atoms with Gasteiger partial charge in [0.25, 0.3) is 0 Å². The molecule has 1 N–H and O–H groups in total. The van der Waals surface area contributed by atoms with E-state index in [0.717, 1.165) is 35.8 Å². The fraction of sp³-hybridized carbons (Fsp3) is 0.600. The van der Waals surface area contributed by atoms with Gasteiger partial charge in [-0.15, -0.1) is 0 Å². The average molecular weight is 260 g/mol. The fourth-order valence-electron chi connectivity index (χ4n) is 2.24. The summed E-state index contributed by atoms with van der Waals surface area (Å²) < 4.78 is 2.27. The van der Waals surface area contributed by atoms with Crippen molar-refractivity contribution < 1.29 is 0 Å². The summed E-state index contributed by atoms with van der Waals surface area (Å²) in [5, 5.41) is 3.46. The molecule has 0 aliphatic carbocycles. The zero-order valence-electron chi connectivity index (χ0n) is 12.2. The Morgan fingerprint density at radius 2 is 1.95 bits per heavy atom. The molecular formula is C15H24N4. The molecule has 0 aromatic carbocycles. The van der Waals surface area contributed by atoms with Crippen molar-refractivity contribution in [3.05, 3.63) is 18.1 Å². The highest BCUT2D eigenvalue weighted by molar-refractivity contribution is 5.86. The Hall–Kier alpha value is -1.58. The predicted octanol–water partition coefficient (Wildman–Crippen LogP) is 3.75. The first-order valence-corrected chi connectivity index (χ1v) is 7.33. The van der Waals surface area contributed by atoms with Gasteiger partial charge in [0.2, 0.25) is 0 Å². The van der Waals surface area contributed by atoms with Gasteiger partial charge < -0.3 is 9.88 Å². The number of aryl methyl sites for hydroxylation is 2. The van der Waals surface area contributed by atoms with Crippen LogP contribution in [0.1, 0.15) is 45.4 Å². The van der Waals surface area contributed by atoms with Crippen LogP contribution in [0.5, 0.6) is 0 Å². The second-order valence-electron chi connectivity index (χ2n) is 5.00. The van der Waals surface area contributed by atoms with E-state index < -0.39 is 0 Å². The minimum absolute atomic E-state index is 0.833. The SMILES string of the molecule is CCCCNc1nc(C)nc2ccn(CCCC)c12. The second kappa shape index (κ2) is 6.55. The van der Waals surface area contributed by atoms with Crippen LogP contribution in [0, 0.1) is 6.92 Å². The standard InChI is InChI=1S/C15H24N4/c1-4-6-9-16-15-14-13(17-12(3)18-15)8-11-19(14)10-7-5-2/h8,11H,4-7,9-10H2,1-3H3,(H,16,17,18). The van der Waals surface area contributed by atoms with Gasteiger partial charge in [0, 0.05) is 19.3 Å². The summed E-state index contributed by atoms with van der Waals surface area (Å²) in [6, 6.07) is 2.09. The van der Waals surface area contributed by atoms with E-state index in [0.29, 0.717) is 0 Å². The monoisotopic (exact) mass is 260 g/mol. The lowest BCUT2D eigenvalue weighted by Crippen LogP contribution is -2.07. The summed E-state index contributed by atoms with van der Waals surface area (Å²) in [6.07, 6.45) is 6.87. The molecular weight excluding hydrogens is 236 g/mol. The van der Waals surface area contributed by atoms with Gasteiger partial charge >= 0.3 is 0 Å². The Labute approximate surface area is 115 Å². The molecule has 0 unspecified atom stereocenters. The number of hydrogen-bond acceptors (Lipinski definition) is 3. The highest BCUT2D eigenvalue weighted by Gasteiger charge is 2.10. The third kappa shape index (κ3) is 3.25. The summed E-state index contributed by atoms with van der Waals surface area (Å²) in [5.74, 6) is 1.82. The van der Waals surface area contributed by atoms with Crippen molar-refractivity contribution >= 4 is 16.9 Å². The molecule has 0 spiro atoms. The molecule has 0 bridgehead atoms. The first-order chi connectivity index (χ1) is 9.26. The topological polar surface area (TPSA) is 42.7 Å². The average Bonchev–Trinajstić information content (AvgIpc) is 2.79. The predicted molar refractivity (Wildman–Crippen MR) is 80.6 cm³/mol. The molecule has 2 rings (SSSR count). The van der Waals surface area contributed by atoms with Gasteiger partial charge in [-0.25, -0.2) is 9.97 Å². The number of unbranched alkanes of at least 4 members (excludes halogenated alkanes) is 2. The maximum absolute atomic E-state index is 4.57. The smallest absolute Gasteiger partial charge is 0.154 e. The quantitative estimate of drug-likeness (QED) is 0.771. The Kier molecular flexibility index (Phi) is 4.77. The Morgan fingerprint density at radius 1 is 1.16 bits per heavy atom. The van der Waals surface area contributed by atoms with E-state index in [-0.39, 0.29) is 0 Å². The van der Waals surface area contributed by atoms with Gasteiger partial charge in [0.05, 0.1) is 5.52 Å². The molecule has 104 valence electrons. The zero-order chi connectivity index (χ0) is 13.7. The number of nitrogens with zero attached hydrogens (tertiary/aromatic N) is 3. The largest absolute Gasteiger partial charge is 0.368 e. The molecule has 0 saturated heterocycles. The van der Waals surface area contributed by atoms with E-state index in [1.807, 2.05) is 6.92 Å². The van der Waals surface area contributed by atoms with Gasteiger partial charge in [0.1, 0.15) is 11.3 Å². The van der Waals surface area contributed by atoms with Crippen LogP contribution >= 0.6 is 0 Å². The first-order valence-electron chi connectivity index (χ1n) is 7.33. The van der Waals surface area contributed by atoms with Crippen molar-refractivity contribution in [1.29, 1.82) is 0 Å². The van der Waals surface area contributed by atoms with E-state index in [9.17, 15) is 0 Å². The van der Waals surface area contributed by atoms with Crippen molar-refractivity contribution in [2.24, 2.45) is 0 Å². The molecule has 19 heavy (non-hydrogen) atoms. The normalized spacial score (nSPS) is 11.1. The van der Waals surface area contributed by atoms with E-state index in [4.69, 9.17) is 0 Å². The van der Waals surface area contributed by atoms with Crippen LogP contribution in [0.3, 0.4) is 0 Å². The Morgan fingerprint density at radius 3 is 2.68 bits per heavy atom. The summed E-state index contributed by atoms with van der Waals surface area (Å²) in [4.78, 5) is 9.09. The van der Waals surface area contributed by atoms with Crippen molar-refractivity contribution in [3.63, 3.8) is 0 Å². The van der Waals surface area contributed by atoms with Crippen LogP contribution in [0.15, 0.2) is 12.3 Å². The van der Waals surface area contributed by atoms with Crippen LogP contribution in [-0.2, 0) is 6.54 Å². The number of nitrogens with one attached hydrogen (secondary N) is 1. The number of hydrogen-bond donors (Lipinski definition) is 1. The molecule has 0 amide bonds. The minimum Gasteiger partial charge on any atom is -0.368 e. The van der Waals surface area contributed by atoms with Crippen molar-refractivity contribution in [2.75, 3.05) is 11.9 Å². The molecule has 0 aliphatic rings. The third-order valence-electron chi connectivity index (χ3n) is 3.30.